The summed E-state index contributed by atoms with van der Waals surface area (Å²) in [6.45, 7) is 8.70. The van der Waals surface area contributed by atoms with Crippen LogP contribution in [0.25, 0.3) is 0 Å². The number of sulfonamides is 1. The Kier molecular flexibility index (Phi) is 6.29. The van der Waals surface area contributed by atoms with E-state index in [1.807, 2.05) is 57.2 Å². The molecular formula is C22H28N2O4S. The highest BCUT2D eigenvalue weighted by atomic mass is 32.2. The molecule has 0 spiro atoms. The van der Waals surface area contributed by atoms with E-state index in [2.05, 4.69) is 0 Å². The van der Waals surface area contributed by atoms with Crippen molar-refractivity contribution in [2.24, 2.45) is 0 Å². The Hall–Kier alpha value is -2.38. The van der Waals surface area contributed by atoms with Crippen LogP contribution in [-0.2, 0) is 14.8 Å². The molecule has 1 atom stereocenters. The molecule has 0 saturated carbocycles. The molecule has 29 heavy (non-hydrogen) atoms. The maximum absolute atomic E-state index is 13.0. The summed E-state index contributed by atoms with van der Waals surface area (Å²) in [5, 5.41) is 0. The molecule has 1 fully saturated rings. The Morgan fingerprint density at radius 3 is 2.24 bits per heavy atom. The minimum absolute atomic E-state index is 0.130. The fourth-order valence-corrected chi connectivity index (χ4v) is 5.20. The van der Waals surface area contributed by atoms with E-state index in [1.54, 1.807) is 17.9 Å². The summed E-state index contributed by atoms with van der Waals surface area (Å²) in [5.74, 6) is 0.525. The Labute approximate surface area is 173 Å². The number of benzene rings is 2. The minimum atomic E-state index is -3.57. The molecule has 3 rings (SSSR count). The molecule has 0 radical (unpaired) electrons. The SMILES string of the molecule is Cc1cccc(O[C@@H](C)C(=O)N2CCN(S(=O)(=O)c3ccc(C)cc3C)CC2)c1. The molecule has 1 heterocycles. The molecule has 0 unspecified atom stereocenters. The maximum Gasteiger partial charge on any atom is 0.263 e. The second-order valence-corrected chi connectivity index (χ2v) is 9.48. The molecule has 156 valence electrons. The van der Waals surface area contributed by atoms with Crippen LogP contribution in [0.5, 0.6) is 5.75 Å². The highest BCUT2D eigenvalue weighted by molar-refractivity contribution is 7.89. The van der Waals surface area contributed by atoms with Crippen molar-refractivity contribution in [2.75, 3.05) is 26.2 Å². The average Bonchev–Trinajstić information content (AvgIpc) is 2.67. The molecule has 6 nitrogen and oxygen atoms in total. The fraction of sp³-hybridized carbons (Fsp3) is 0.409. The summed E-state index contributed by atoms with van der Waals surface area (Å²) in [4.78, 5) is 14.7. The van der Waals surface area contributed by atoms with Crippen LogP contribution < -0.4 is 4.74 Å². The van der Waals surface area contributed by atoms with Crippen LogP contribution in [0.1, 0.15) is 23.6 Å². The molecule has 0 bridgehead atoms. The van der Waals surface area contributed by atoms with Gasteiger partial charge in [-0.25, -0.2) is 8.42 Å². The molecular weight excluding hydrogens is 388 g/mol. The van der Waals surface area contributed by atoms with Crippen LogP contribution in [0.15, 0.2) is 47.4 Å². The van der Waals surface area contributed by atoms with Gasteiger partial charge in [0.2, 0.25) is 10.0 Å². The summed E-state index contributed by atoms with van der Waals surface area (Å²) >= 11 is 0. The molecule has 1 aliphatic heterocycles. The minimum Gasteiger partial charge on any atom is -0.481 e. The first-order valence-corrected chi connectivity index (χ1v) is 11.2. The van der Waals surface area contributed by atoms with Crippen molar-refractivity contribution in [3.05, 3.63) is 59.2 Å². The number of carbonyl (C=O) groups excluding carboxylic acids is 1. The lowest BCUT2D eigenvalue weighted by molar-refractivity contribution is -0.139. The van der Waals surface area contributed by atoms with Crippen molar-refractivity contribution in [1.82, 2.24) is 9.21 Å². The van der Waals surface area contributed by atoms with Crippen molar-refractivity contribution >= 4 is 15.9 Å². The zero-order valence-corrected chi connectivity index (χ0v) is 18.2. The first kappa shape index (κ1) is 21.3. The van der Waals surface area contributed by atoms with E-state index in [4.69, 9.17) is 4.74 Å². The molecule has 1 saturated heterocycles. The van der Waals surface area contributed by atoms with E-state index in [0.29, 0.717) is 23.7 Å². The first-order valence-electron chi connectivity index (χ1n) is 9.78. The van der Waals surface area contributed by atoms with Gasteiger partial charge in [0.15, 0.2) is 6.10 Å². The summed E-state index contributed by atoms with van der Waals surface area (Å²) < 4.78 is 33.2. The van der Waals surface area contributed by atoms with Gasteiger partial charge in [-0.3, -0.25) is 4.79 Å². The zero-order valence-electron chi connectivity index (χ0n) is 17.4. The van der Waals surface area contributed by atoms with Gasteiger partial charge in [0.1, 0.15) is 5.75 Å². The molecule has 0 N–H and O–H groups in total. The summed E-state index contributed by atoms with van der Waals surface area (Å²) in [6.07, 6.45) is -0.626. The number of aryl methyl sites for hydroxylation is 3. The number of ether oxygens (including phenoxy) is 1. The molecule has 1 amide bonds. The lowest BCUT2D eigenvalue weighted by Gasteiger charge is -2.35. The second kappa shape index (κ2) is 8.55. The van der Waals surface area contributed by atoms with Crippen molar-refractivity contribution in [1.29, 1.82) is 0 Å². The quantitative estimate of drug-likeness (QED) is 0.752. The number of piperazine rings is 1. The summed E-state index contributed by atoms with van der Waals surface area (Å²) in [7, 11) is -3.57. The number of hydrogen-bond donors (Lipinski definition) is 0. The van der Waals surface area contributed by atoms with Gasteiger partial charge in [0, 0.05) is 26.2 Å². The average molecular weight is 417 g/mol. The van der Waals surface area contributed by atoms with Gasteiger partial charge < -0.3 is 9.64 Å². The van der Waals surface area contributed by atoms with E-state index in [-0.39, 0.29) is 19.0 Å². The Morgan fingerprint density at radius 1 is 0.966 bits per heavy atom. The molecule has 7 heteroatoms. The van der Waals surface area contributed by atoms with Gasteiger partial charge in [0.05, 0.1) is 4.90 Å². The largest absolute Gasteiger partial charge is 0.481 e. The Bertz CT molecular complexity index is 996. The highest BCUT2D eigenvalue weighted by Gasteiger charge is 2.32. The van der Waals surface area contributed by atoms with Crippen molar-refractivity contribution < 1.29 is 17.9 Å². The van der Waals surface area contributed by atoms with Crippen LogP contribution in [0, 0.1) is 20.8 Å². The van der Waals surface area contributed by atoms with Crippen molar-refractivity contribution in [3.63, 3.8) is 0 Å². The lowest BCUT2D eigenvalue weighted by Crippen LogP contribution is -2.53. The summed E-state index contributed by atoms with van der Waals surface area (Å²) in [5.41, 5.74) is 2.83. The zero-order chi connectivity index (χ0) is 21.2. The maximum atomic E-state index is 13.0. The molecule has 0 aliphatic carbocycles. The van der Waals surface area contributed by atoms with Crippen molar-refractivity contribution in [2.45, 2.75) is 38.7 Å². The smallest absolute Gasteiger partial charge is 0.263 e. The number of nitrogens with zero attached hydrogens (tertiary/aromatic N) is 2. The van der Waals surface area contributed by atoms with Gasteiger partial charge in [-0.1, -0.05) is 29.8 Å². The molecule has 1 aliphatic rings. The standard InChI is InChI=1S/C22H28N2O4S/c1-16-6-5-7-20(15-16)28-19(4)22(25)23-10-12-24(13-11-23)29(26,27)21-9-8-17(2)14-18(21)3/h5-9,14-15,19H,10-13H2,1-4H3/t19-/m0/s1. The van der Waals surface area contributed by atoms with Crippen LogP contribution in [0.3, 0.4) is 0 Å². The van der Waals surface area contributed by atoms with Crippen molar-refractivity contribution in [3.8, 4) is 5.75 Å². The summed E-state index contributed by atoms with van der Waals surface area (Å²) in [6, 6.07) is 12.9. The third-order valence-corrected chi connectivity index (χ3v) is 7.21. The van der Waals surface area contributed by atoms with E-state index in [0.717, 1.165) is 16.7 Å². The number of carbonyl (C=O) groups is 1. The van der Waals surface area contributed by atoms with Gasteiger partial charge in [-0.15, -0.1) is 0 Å². The third-order valence-electron chi connectivity index (χ3n) is 5.15. The van der Waals surface area contributed by atoms with E-state index < -0.39 is 16.1 Å². The normalized spacial score (nSPS) is 16.5. The van der Waals surface area contributed by atoms with E-state index in [1.165, 1.54) is 4.31 Å². The predicted octanol–water partition coefficient (Wildman–Crippen LogP) is 2.91. The Balaban J connectivity index is 1.62. The lowest BCUT2D eigenvalue weighted by atomic mass is 10.2. The highest BCUT2D eigenvalue weighted by Crippen LogP contribution is 2.22. The van der Waals surface area contributed by atoms with Gasteiger partial charge in [-0.2, -0.15) is 4.31 Å². The number of rotatable bonds is 5. The number of hydrogen-bond acceptors (Lipinski definition) is 4. The van der Waals surface area contributed by atoms with Crippen LogP contribution in [-0.4, -0.2) is 55.8 Å². The fourth-order valence-electron chi connectivity index (χ4n) is 3.58. The van der Waals surface area contributed by atoms with Crippen LogP contribution in [0.4, 0.5) is 0 Å². The molecule has 2 aromatic rings. The van der Waals surface area contributed by atoms with Crippen LogP contribution >= 0.6 is 0 Å². The Morgan fingerprint density at radius 2 is 1.62 bits per heavy atom. The second-order valence-electron chi connectivity index (χ2n) is 7.57. The third kappa shape index (κ3) is 4.79. The topological polar surface area (TPSA) is 66.9 Å². The van der Waals surface area contributed by atoms with E-state index in [9.17, 15) is 13.2 Å². The van der Waals surface area contributed by atoms with Crippen LogP contribution in [0.2, 0.25) is 0 Å². The number of amides is 1. The van der Waals surface area contributed by atoms with Gasteiger partial charge >= 0.3 is 0 Å². The van der Waals surface area contributed by atoms with E-state index >= 15 is 0 Å². The first-order chi connectivity index (χ1) is 13.7. The van der Waals surface area contributed by atoms with Gasteiger partial charge in [-0.05, 0) is 57.0 Å². The molecule has 2 aromatic carbocycles. The predicted molar refractivity (Wildman–Crippen MR) is 113 cm³/mol. The molecule has 0 aromatic heterocycles. The van der Waals surface area contributed by atoms with Gasteiger partial charge in [0.25, 0.3) is 5.91 Å². The monoisotopic (exact) mass is 416 g/mol.